The minimum atomic E-state index is -0.557. The van der Waals surface area contributed by atoms with Crippen molar-refractivity contribution in [2.75, 3.05) is 26.8 Å². The van der Waals surface area contributed by atoms with Gasteiger partial charge >= 0.3 is 0 Å². The van der Waals surface area contributed by atoms with E-state index in [-0.39, 0.29) is 25.0 Å². The van der Waals surface area contributed by atoms with E-state index in [0.29, 0.717) is 25.1 Å². The Morgan fingerprint density at radius 1 is 1.29 bits per heavy atom. The molecule has 0 aromatic heterocycles. The second-order valence-electron chi connectivity index (χ2n) is 6.11. The Morgan fingerprint density at radius 3 is 2.67 bits per heavy atom. The van der Waals surface area contributed by atoms with Gasteiger partial charge in [-0.1, -0.05) is 44.2 Å². The van der Waals surface area contributed by atoms with Gasteiger partial charge in [-0.15, -0.1) is 0 Å². The van der Waals surface area contributed by atoms with Crippen molar-refractivity contribution < 1.29 is 19.5 Å². The molecule has 0 aliphatic carbocycles. The lowest BCUT2D eigenvalue weighted by atomic mass is 10.1. The van der Waals surface area contributed by atoms with Crippen molar-refractivity contribution in [3.05, 3.63) is 0 Å². The molecule has 1 rings (SSSR count). The Balaban J connectivity index is 2.51. The molecule has 7 heteroatoms. The van der Waals surface area contributed by atoms with Crippen molar-refractivity contribution in [2.24, 2.45) is 5.16 Å². The number of likely N-dealkylation sites (tertiary alicyclic amines) is 1. The predicted octanol–water partition coefficient (Wildman–Crippen LogP) is 1.45. The molecular formula is C17H31N3O4. The summed E-state index contributed by atoms with van der Waals surface area (Å²) in [7, 11) is 1.45. The van der Waals surface area contributed by atoms with Crippen LogP contribution in [-0.2, 0) is 14.4 Å². The molecule has 7 nitrogen and oxygen atoms in total. The quantitative estimate of drug-likeness (QED) is 0.439. The third-order valence-corrected chi connectivity index (χ3v) is 4.16. The fourth-order valence-electron chi connectivity index (χ4n) is 2.89. The maximum Gasteiger partial charge on any atom is 0.243 e. The summed E-state index contributed by atoms with van der Waals surface area (Å²) in [5.74, 6) is -0.266. The maximum absolute atomic E-state index is 12.5. The Labute approximate surface area is 144 Å². The molecule has 1 fully saturated rings. The van der Waals surface area contributed by atoms with Crippen LogP contribution in [0.3, 0.4) is 0 Å². The van der Waals surface area contributed by atoms with Crippen molar-refractivity contribution in [2.45, 2.75) is 64.3 Å². The molecular weight excluding hydrogens is 310 g/mol. The Bertz CT molecular complexity index is 426. The highest BCUT2D eigenvalue weighted by Crippen LogP contribution is 2.19. The topological polar surface area (TPSA) is 91.2 Å². The van der Waals surface area contributed by atoms with Crippen molar-refractivity contribution >= 4 is 17.5 Å². The Hall–Kier alpha value is -1.63. The summed E-state index contributed by atoms with van der Waals surface area (Å²) in [6, 6.07) is -0.557. The highest BCUT2D eigenvalue weighted by atomic mass is 16.6. The first-order chi connectivity index (χ1) is 11.6. The lowest BCUT2D eigenvalue weighted by Crippen LogP contribution is -2.46. The zero-order valence-corrected chi connectivity index (χ0v) is 14.9. The van der Waals surface area contributed by atoms with Crippen molar-refractivity contribution in [3.8, 4) is 0 Å². The van der Waals surface area contributed by atoms with Gasteiger partial charge in [0.1, 0.15) is 13.2 Å². The molecule has 138 valence electrons. The van der Waals surface area contributed by atoms with Crippen LogP contribution >= 0.6 is 0 Å². The van der Waals surface area contributed by atoms with Gasteiger partial charge in [0.15, 0.2) is 0 Å². The zero-order chi connectivity index (χ0) is 17.8. The number of amides is 2. The van der Waals surface area contributed by atoms with Crippen molar-refractivity contribution in [1.29, 1.82) is 0 Å². The second-order valence-corrected chi connectivity index (χ2v) is 6.11. The number of carbonyl (C=O) groups excluding carboxylic acids is 2. The minimum absolute atomic E-state index is 0.0176. The largest absolute Gasteiger partial charge is 0.399 e. The van der Waals surface area contributed by atoms with Gasteiger partial charge < -0.3 is 20.2 Å². The number of hydrogen-bond acceptors (Lipinski definition) is 5. The average Bonchev–Trinajstić information content (AvgIpc) is 3.00. The van der Waals surface area contributed by atoms with Crippen molar-refractivity contribution in [3.63, 3.8) is 0 Å². The molecule has 1 aliphatic heterocycles. The third kappa shape index (κ3) is 6.86. The van der Waals surface area contributed by atoms with Crippen LogP contribution in [0, 0.1) is 0 Å². The minimum Gasteiger partial charge on any atom is -0.399 e. The number of aliphatic hydroxyl groups excluding tert-OH is 1. The van der Waals surface area contributed by atoms with E-state index in [2.05, 4.69) is 17.4 Å². The highest BCUT2D eigenvalue weighted by Gasteiger charge is 2.37. The molecule has 2 amide bonds. The third-order valence-electron chi connectivity index (χ3n) is 4.16. The predicted molar refractivity (Wildman–Crippen MR) is 92.7 cm³/mol. The van der Waals surface area contributed by atoms with Gasteiger partial charge in [0.05, 0.1) is 18.9 Å². The SMILES string of the molecule is CCCCCCCCC(=O)N1C/C(=N/OC)C[C@H]1C(=O)NCCO. The van der Waals surface area contributed by atoms with Crippen molar-refractivity contribution in [1.82, 2.24) is 10.2 Å². The van der Waals surface area contributed by atoms with Gasteiger partial charge in [-0.05, 0) is 6.42 Å². The molecule has 1 atom stereocenters. The van der Waals surface area contributed by atoms with Gasteiger partial charge in [0.2, 0.25) is 11.8 Å². The summed E-state index contributed by atoms with van der Waals surface area (Å²) in [5, 5.41) is 15.4. The normalized spacial score (nSPS) is 18.9. The first kappa shape index (κ1) is 20.4. The summed E-state index contributed by atoms with van der Waals surface area (Å²) >= 11 is 0. The van der Waals surface area contributed by atoms with E-state index in [1.165, 1.54) is 26.4 Å². The number of unbranched alkanes of at least 4 members (excludes halogenated alkanes) is 5. The van der Waals surface area contributed by atoms with Gasteiger partial charge in [0, 0.05) is 19.4 Å². The second kappa shape index (κ2) is 11.8. The molecule has 1 saturated heterocycles. The molecule has 0 unspecified atom stereocenters. The summed E-state index contributed by atoms with van der Waals surface area (Å²) in [4.78, 5) is 31.0. The molecule has 24 heavy (non-hydrogen) atoms. The molecule has 0 saturated carbocycles. The number of aliphatic hydroxyl groups is 1. The fraction of sp³-hybridized carbons (Fsp3) is 0.824. The van der Waals surface area contributed by atoms with Gasteiger partial charge in [0.25, 0.3) is 0 Å². The van der Waals surface area contributed by atoms with Gasteiger partial charge in [-0.3, -0.25) is 9.59 Å². The Morgan fingerprint density at radius 2 is 2.00 bits per heavy atom. The molecule has 1 aliphatic rings. The number of hydrogen-bond donors (Lipinski definition) is 2. The molecule has 0 radical (unpaired) electrons. The van der Waals surface area contributed by atoms with Crippen LogP contribution in [0.25, 0.3) is 0 Å². The van der Waals surface area contributed by atoms with Crippen LogP contribution in [0.1, 0.15) is 58.3 Å². The number of carbonyl (C=O) groups is 2. The van der Waals surface area contributed by atoms with Crippen LogP contribution in [0.5, 0.6) is 0 Å². The first-order valence-electron chi connectivity index (χ1n) is 8.91. The molecule has 1 heterocycles. The number of oxime groups is 1. The van der Waals surface area contributed by atoms with E-state index in [9.17, 15) is 9.59 Å². The lowest BCUT2D eigenvalue weighted by Gasteiger charge is -2.23. The summed E-state index contributed by atoms with van der Waals surface area (Å²) in [6.45, 7) is 2.58. The standard InChI is InChI=1S/C17H31N3O4/c1-3-4-5-6-7-8-9-16(22)20-13-14(19-24-2)12-15(20)17(23)18-10-11-21/h15,21H,3-13H2,1-2H3,(H,18,23)/b19-14+/t15-/m0/s1. The molecule has 2 N–H and O–H groups in total. The van der Waals surface area contributed by atoms with E-state index < -0.39 is 6.04 Å². The molecule has 0 spiro atoms. The lowest BCUT2D eigenvalue weighted by molar-refractivity contribution is -0.138. The average molecular weight is 341 g/mol. The Kier molecular flexibility index (Phi) is 10.1. The molecule has 0 aromatic rings. The zero-order valence-electron chi connectivity index (χ0n) is 14.9. The van der Waals surface area contributed by atoms with Crippen LogP contribution in [-0.4, -0.2) is 60.4 Å². The van der Waals surface area contributed by atoms with Crippen LogP contribution in [0.2, 0.25) is 0 Å². The highest BCUT2D eigenvalue weighted by molar-refractivity contribution is 6.00. The summed E-state index contributed by atoms with van der Waals surface area (Å²) in [6.07, 6.45) is 7.54. The molecule has 0 bridgehead atoms. The van der Waals surface area contributed by atoms with Gasteiger partial charge in [-0.2, -0.15) is 0 Å². The van der Waals surface area contributed by atoms with E-state index >= 15 is 0 Å². The van der Waals surface area contributed by atoms with Gasteiger partial charge in [-0.25, -0.2) is 0 Å². The van der Waals surface area contributed by atoms with Crippen LogP contribution < -0.4 is 5.32 Å². The summed E-state index contributed by atoms with van der Waals surface area (Å²) in [5.41, 5.74) is 0.693. The number of nitrogens with one attached hydrogen (secondary N) is 1. The van der Waals surface area contributed by atoms with E-state index in [0.717, 1.165) is 19.3 Å². The van der Waals surface area contributed by atoms with E-state index in [4.69, 9.17) is 9.94 Å². The van der Waals surface area contributed by atoms with Crippen LogP contribution in [0.4, 0.5) is 0 Å². The number of nitrogens with zero attached hydrogens (tertiary/aromatic N) is 2. The first-order valence-corrected chi connectivity index (χ1v) is 8.91. The maximum atomic E-state index is 12.5. The monoisotopic (exact) mass is 341 g/mol. The summed E-state index contributed by atoms with van der Waals surface area (Å²) < 4.78 is 0. The van der Waals surface area contributed by atoms with E-state index in [1.807, 2.05) is 0 Å². The van der Waals surface area contributed by atoms with Crippen LogP contribution in [0.15, 0.2) is 5.16 Å². The smallest absolute Gasteiger partial charge is 0.243 e. The fourth-order valence-corrected chi connectivity index (χ4v) is 2.89. The van der Waals surface area contributed by atoms with E-state index in [1.54, 1.807) is 4.90 Å². The number of rotatable bonds is 11. The molecule has 0 aromatic carbocycles.